The molecule has 0 amide bonds. The van der Waals surface area contributed by atoms with E-state index in [9.17, 15) is 40.9 Å². The molecule has 0 spiro atoms. The fourth-order valence-electron chi connectivity index (χ4n) is 4.65. The molecule has 0 saturated carbocycles. The normalized spacial score (nSPS) is 16.5. The second-order valence-corrected chi connectivity index (χ2v) is 11.0. The van der Waals surface area contributed by atoms with Crippen molar-refractivity contribution in [1.82, 2.24) is 9.55 Å². The fraction of sp³-hybridized carbons (Fsp3) is 0.300. The van der Waals surface area contributed by atoms with Crippen LogP contribution >= 0.6 is 0 Å². The van der Waals surface area contributed by atoms with E-state index in [2.05, 4.69) is 15.0 Å². The van der Waals surface area contributed by atoms with E-state index in [0.717, 1.165) is 22.9 Å². The number of aliphatic hydroxyl groups is 2. The molecular weight excluding hydrogens is 623 g/mol. The van der Waals surface area contributed by atoms with Gasteiger partial charge in [-0.05, 0) is 74.2 Å². The molecule has 240 valence electrons. The Balaban J connectivity index is 2.05. The highest BCUT2D eigenvalue weighted by atomic mass is 32.2. The first-order valence-electron chi connectivity index (χ1n) is 13.5. The molecule has 0 saturated heterocycles. The van der Waals surface area contributed by atoms with E-state index in [-0.39, 0.29) is 58.4 Å². The zero-order chi connectivity index (χ0) is 33.2. The Morgan fingerprint density at radius 2 is 1.93 bits per heavy atom. The zero-order valence-electron chi connectivity index (χ0n) is 24.4. The summed E-state index contributed by atoms with van der Waals surface area (Å²) in [6, 6.07) is 6.26. The summed E-state index contributed by atoms with van der Waals surface area (Å²) in [4.78, 5) is 11.5. The monoisotopic (exact) mass is 651 g/mol. The van der Waals surface area contributed by atoms with Gasteiger partial charge in [-0.15, -0.1) is 0 Å². The molecule has 2 atom stereocenters. The average molecular weight is 652 g/mol. The van der Waals surface area contributed by atoms with Crippen molar-refractivity contribution < 1.29 is 45.7 Å². The van der Waals surface area contributed by atoms with E-state index < -0.39 is 57.8 Å². The molecule has 45 heavy (non-hydrogen) atoms. The predicted molar refractivity (Wildman–Crippen MR) is 157 cm³/mol. The number of allylic oxidation sites excluding steroid dienone is 1. The van der Waals surface area contributed by atoms with E-state index in [4.69, 9.17) is 4.74 Å². The van der Waals surface area contributed by atoms with Gasteiger partial charge in [0.1, 0.15) is 23.1 Å². The Kier molecular flexibility index (Phi) is 10.0. The van der Waals surface area contributed by atoms with Crippen LogP contribution in [-0.2, 0) is 28.6 Å². The van der Waals surface area contributed by atoms with Crippen LogP contribution in [0.15, 0.2) is 68.9 Å². The van der Waals surface area contributed by atoms with Crippen LogP contribution in [0.4, 0.5) is 22.0 Å². The van der Waals surface area contributed by atoms with Gasteiger partial charge in [-0.2, -0.15) is 13.2 Å². The van der Waals surface area contributed by atoms with Crippen molar-refractivity contribution in [1.29, 1.82) is 0 Å². The van der Waals surface area contributed by atoms with Crippen molar-refractivity contribution in [2.24, 2.45) is 9.98 Å². The summed E-state index contributed by atoms with van der Waals surface area (Å²) in [5.74, 6) is -1.79. The van der Waals surface area contributed by atoms with Gasteiger partial charge < -0.3 is 24.1 Å². The van der Waals surface area contributed by atoms with Gasteiger partial charge in [-0.3, -0.25) is 9.20 Å². The molecule has 0 aliphatic carbocycles. The first kappa shape index (κ1) is 33.7. The minimum absolute atomic E-state index is 0.0167. The number of ether oxygens (including phenoxy) is 1. The summed E-state index contributed by atoms with van der Waals surface area (Å²) in [5.41, 5.74) is -1.07. The van der Waals surface area contributed by atoms with E-state index in [1.54, 1.807) is 20.8 Å². The summed E-state index contributed by atoms with van der Waals surface area (Å²) >= 11 is -2.92. The lowest BCUT2D eigenvalue weighted by Crippen LogP contribution is -2.23. The Hall–Kier alpha value is -4.21. The number of alkyl halides is 4. The van der Waals surface area contributed by atoms with Gasteiger partial charge in [0.25, 0.3) is 0 Å². The smallest absolute Gasteiger partial charge is 0.434 e. The lowest BCUT2D eigenvalue weighted by Gasteiger charge is -2.20. The summed E-state index contributed by atoms with van der Waals surface area (Å²) < 4.78 is 101. The quantitative estimate of drug-likeness (QED) is 0.124. The van der Waals surface area contributed by atoms with E-state index >= 15 is 0 Å². The summed E-state index contributed by atoms with van der Waals surface area (Å²) in [6.45, 7) is 5.46. The van der Waals surface area contributed by atoms with Crippen LogP contribution in [0.3, 0.4) is 0 Å². The van der Waals surface area contributed by atoms with Crippen LogP contribution in [-0.4, -0.2) is 52.9 Å². The van der Waals surface area contributed by atoms with Gasteiger partial charge in [-0.25, -0.2) is 18.8 Å². The highest BCUT2D eigenvalue weighted by Gasteiger charge is 2.35. The van der Waals surface area contributed by atoms with E-state index in [1.165, 1.54) is 31.3 Å². The standard InChI is InChI=1S/C30H29F5N4O5S/c1-5-44-29-23(32)10-19(12-36-29)28(41)27(37-15(2)3)20-8-17(18-9-22(31)21(14-40)25(11-18)45(42)43)6-7-24(20)39-13-26(30(33,34)35)38-16(39)4/h6-9,11-13,23,40-41H,5,10,14H2,1-4H3,(H,42,43)/p-1. The summed E-state index contributed by atoms with van der Waals surface area (Å²) in [7, 11) is 0. The number of halogens is 5. The third kappa shape index (κ3) is 7.21. The van der Waals surface area contributed by atoms with Gasteiger partial charge in [0.2, 0.25) is 5.90 Å². The maximum atomic E-state index is 14.9. The molecule has 2 aromatic carbocycles. The average Bonchev–Trinajstić information content (AvgIpc) is 3.37. The van der Waals surface area contributed by atoms with Crippen molar-refractivity contribution in [3.8, 4) is 16.8 Å². The molecule has 1 aliphatic rings. The minimum atomic E-state index is -4.77. The number of aliphatic imine (C=N–C) groups is 2. The number of benzene rings is 2. The first-order chi connectivity index (χ1) is 21.2. The van der Waals surface area contributed by atoms with Gasteiger partial charge in [-0.1, -0.05) is 6.07 Å². The Morgan fingerprint density at radius 3 is 2.49 bits per heavy atom. The number of aliphatic hydroxyl groups excluding tert-OH is 2. The van der Waals surface area contributed by atoms with Crippen LogP contribution in [0.5, 0.6) is 0 Å². The number of aromatic nitrogens is 2. The molecule has 3 aromatic rings. The van der Waals surface area contributed by atoms with E-state index in [1.807, 2.05) is 0 Å². The van der Waals surface area contributed by atoms with Crippen LogP contribution < -0.4 is 0 Å². The third-order valence-corrected chi connectivity index (χ3v) is 7.40. The van der Waals surface area contributed by atoms with Crippen molar-refractivity contribution in [3.05, 3.63) is 82.5 Å². The molecule has 1 aromatic heterocycles. The summed E-state index contributed by atoms with van der Waals surface area (Å²) in [6.07, 6.45) is -4.87. The van der Waals surface area contributed by atoms with Gasteiger partial charge in [0, 0.05) is 46.1 Å². The SMILES string of the molecule is CCOC1=NC=C(C(O)=C(N=C(C)C)c2cc(-c3cc(F)c(CO)c(S(=O)[O-])c3)ccc2-n2cc(C(F)(F)F)nc2C)CC1F. The number of rotatable bonds is 8. The molecule has 0 fully saturated rings. The molecule has 1 aliphatic heterocycles. The lowest BCUT2D eigenvalue weighted by atomic mass is 9.96. The Labute approximate surface area is 257 Å². The number of imidazole rings is 1. The number of nitrogens with zero attached hydrogens (tertiary/aromatic N) is 4. The maximum absolute atomic E-state index is 14.9. The van der Waals surface area contributed by atoms with Crippen LogP contribution in [0.25, 0.3) is 22.5 Å². The summed E-state index contributed by atoms with van der Waals surface area (Å²) in [5, 5.41) is 21.0. The van der Waals surface area contributed by atoms with Gasteiger partial charge in [0.05, 0.1) is 18.9 Å². The molecule has 9 nitrogen and oxygen atoms in total. The number of aryl methyl sites for hydroxylation is 1. The highest BCUT2D eigenvalue weighted by molar-refractivity contribution is 7.79. The highest BCUT2D eigenvalue weighted by Crippen LogP contribution is 2.37. The Bertz CT molecular complexity index is 1770. The first-order valence-corrected chi connectivity index (χ1v) is 14.5. The molecule has 2 N–H and O–H groups in total. The molecule has 4 rings (SSSR count). The molecule has 2 heterocycles. The van der Waals surface area contributed by atoms with Gasteiger partial charge in [0.15, 0.2) is 11.9 Å². The second kappa shape index (κ2) is 13.4. The van der Waals surface area contributed by atoms with Crippen molar-refractivity contribution in [3.63, 3.8) is 0 Å². The van der Waals surface area contributed by atoms with Crippen LogP contribution in [0.2, 0.25) is 0 Å². The molecular formula is C30H28F5N4O5S-. The van der Waals surface area contributed by atoms with Crippen molar-refractivity contribution >= 4 is 28.4 Å². The minimum Gasteiger partial charge on any atom is -0.768 e. The van der Waals surface area contributed by atoms with Crippen molar-refractivity contribution in [2.75, 3.05) is 6.61 Å². The molecule has 2 unspecified atom stereocenters. The number of hydrogen-bond acceptors (Lipinski definition) is 8. The predicted octanol–water partition coefficient (Wildman–Crippen LogP) is 6.50. The molecule has 0 bridgehead atoms. The maximum Gasteiger partial charge on any atom is 0.434 e. The topological polar surface area (TPSA) is 132 Å². The fourth-order valence-corrected chi connectivity index (χ4v) is 5.24. The zero-order valence-corrected chi connectivity index (χ0v) is 25.3. The number of hydrogen-bond donors (Lipinski definition) is 2. The van der Waals surface area contributed by atoms with E-state index in [0.29, 0.717) is 5.71 Å². The second-order valence-electron chi connectivity index (χ2n) is 10.1. The van der Waals surface area contributed by atoms with Crippen LogP contribution in [0.1, 0.15) is 49.8 Å². The third-order valence-electron chi connectivity index (χ3n) is 6.68. The lowest BCUT2D eigenvalue weighted by molar-refractivity contribution is -0.141. The van der Waals surface area contributed by atoms with Gasteiger partial charge >= 0.3 is 6.18 Å². The Morgan fingerprint density at radius 1 is 1.22 bits per heavy atom. The largest absolute Gasteiger partial charge is 0.768 e. The van der Waals surface area contributed by atoms with Crippen molar-refractivity contribution in [2.45, 2.75) is 58.0 Å². The molecule has 0 radical (unpaired) electrons. The molecule has 15 heteroatoms. The van der Waals surface area contributed by atoms with Crippen LogP contribution in [0, 0.1) is 12.7 Å².